The fourth-order valence-corrected chi connectivity index (χ4v) is 2.38. The van der Waals surface area contributed by atoms with E-state index in [4.69, 9.17) is 11.6 Å². The Labute approximate surface area is 132 Å². The van der Waals surface area contributed by atoms with Gasteiger partial charge < -0.3 is 10.6 Å². The quantitative estimate of drug-likeness (QED) is 0.856. The molecule has 112 valence electrons. The zero-order valence-electron chi connectivity index (χ0n) is 11.9. The summed E-state index contributed by atoms with van der Waals surface area (Å²) in [6, 6.07) is 3.53. The van der Waals surface area contributed by atoms with E-state index in [0.717, 1.165) is 5.69 Å². The summed E-state index contributed by atoms with van der Waals surface area (Å²) in [4.78, 5) is 20.2. The van der Waals surface area contributed by atoms with E-state index in [1.807, 2.05) is 5.38 Å². The van der Waals surface area contributed by atoms with Crippen molar-refractivity contribution in [1.29, 1.82) is 0 Å². The third-order valence-electron chi connectivity index (χ3n) is 2.56. The molecule has 0 unspecified atom stereocenters. The maximum atomic E-state index is 11.7. The van der Waals surface area contributed by atoms with Crippen LogP contribution in [0.2, 0.25) is 5.02 Å². The van der Waals surface area contributed by atoms with Crippen LogP contribution in [0.3, 0.4) is 0 Å². The second kappa shape index (κ2) is 7.38. The van der Waals surface area contributed by atoms with Crippen LogP contribution in [0.5, 0.6) is 0 Å². The van der Waals surface area contributed by atoms with Crippen molar-refractivity contribution in [2.75, 3.05) is 11.9 Å². The molecule has 1 amide bonds. The molecule has 2 N–H and O–H groups in total. The molecule has 21 heavy (non-hydrogen) atoms. The first kappa shape index (κ1) is 15.7. The number of pyridine rings is 1. The van der Waals surface area contributed by atoms with Gasteiger partial charge in [-0.1, -0.05) is 25.4 Å². The Hall–Kier alpha value is -1.66. The van der Waals surface area contributed by atoms with Crippen molar-refractivity contribution in [1.82, 2.24) is 15.3 Å². The van der Waals surface area contributed by atoms with Crippen LogP contribution in [0, 0.1) is 5.92 Å². The predicted molar refractivity (Wildman–Crippen MR) is 86.2 cm³/mol. The summed E-state index contributed by atoms with van der Waals surface area (Å²) in [6.45, 7) is 4.80. The van der Waals surface area contributed by atoms with Crippen LogP contribution >= 0.6 is 22.9 Å². The molecule has 2 rings (SSSR count). The lowest BCUT2D eigenvalue weighted by atomic mass is 10.2. The maximum absolute atomic E-state index is 11.7. The van der Waals surface area contributed by atoms with Crippen LogP contribution in [0.15, 0.2) is 23.7 Å². The lowest BCUT2D eigenvalue weighted by Gasteiger charge is -2.06. The van der Waals surface area contributed by atoms with Crippen LogP contribution in [0.25, 0.3) is 0 Å². The molecule has 5 nitrogen and oxygen atoms in total. The van der Waals surface area contributed by atoms with Crippen molar-refractivity contribution < 1.29 is 4.79 Å². The summed E-state index contributed by atoms with van der Waals surface area (Å²) in [5.74, 6) is 1.10. The van der Waals surface area contributed by atoms with Crippen molar-refractivity contribution >= 4 is 39.8 Å². The fourth-order valence-electron chi connectivity index (χ4n) is 1.55. The molecule has 2 heterocycles. The van der Waals surface area contributed by atoms with Crippen LogP contribution in [-0.4, -0.2) is 22.4 Å². The van der Waals surface area contributed by atoms with Gasteiger partial charge in [-0.15, -0.1) is 11.3 Å². The lowest BCUT2D eigenvalue weighted by molar-refractivity contribution is -0.120. The Bertz CT molecular complexity index is 597. The van der Waals surface area contributed by atoms with Crippen LogP contribution in [-0.2, 0) is 11.2 Å². The Balaban J connectivity index is 1.89. The first-order chi connectivity index (χ1) is 10.0. The van der Waals surface area contributed by atoms with Gasteiger partial charge in [0.1, 0.15) is 5.82 Å². The van der Waals surface area contributed by atoms with Crippen LogP contribution in [0.4, 0.5) is 10.9 Å². The Morgan fingerprint density at radius 2 is 2.24 bits per heavy atom. The highest BCUT2D eigenvalue weighted by molar-refractivity contribution is 7.13. The summed E-state index contributed by atoms with van der Waals surface area (Å²) in [6.07, 6.45) is 1.86. The molecule has 0 spiro atoms. The van der Waals surface area contributed by atoms with E-state index in [-0.39, 0.29) is 5.91 Å². The molecule has 0 saturated heterocycles. The fraction of sp³-hybridized carbons (Fsp3) is 0.357. The molecule has 0 radical (unpaired) electrons. The highest BCUT2D eigenvalue weighted by Crippen LogP contribution is 2.20. The molecule has 0 aliphatic rings. The van der Waals surface area contributed by atoms with E-state index in [2.05, 4.69) is 34.4 Å². The van der Waals surface area contributed by atoms with Gasteiger partial charge in [0.05, 0.1) is 17.1 Å². The average molecular weight is 325 g/mol. The summed E-state index contributed by atoms with van der Waals surface area (Å²) in [5, 5.41) is 9.11. The van der Waals surface area contributed by atoms with Crippen molar-refractivity contribution in [3.63, 3.8) is 0 Å². The molecule has 2 aromatic heterocycles. The second-order valence-corrected chi connectivity index (χ2v) is 6.30. The molecule has 0 aromatic carbocycles. The van der Waals surface area contributed by atoms with E-state index < -0.39 is 0 Å². The Kier molecular flexibility index (Phi) is 5.52. The number of anilines is 2. The molecule has 0 atom stereocenters. The first-order valence-corrected chi connectivity index (χ1v) is 7.88. The zero-order chi connectivity index (χ0) is 15.2. The topological polar surface area (TPSA) is 66.9 Å². The maximum Gasteiger partial charge on any atom is 0.226 e. The van der Waals surface area contributed by atoms with Gasteiger partial charge in [-0.3, -0.25) is 4.79 Å². The predicted octanol–water partition coefficient (Wildman–Crippen LogP) is 3.25. The largest absolute Gasteiger partial charge is 0.356 e. The van der Waals surface area contributed by atoms with E-state index in [9.17, 15) is 4.79 Å². The molecule has 2 aromatic rings. The third-order valence-corrected chi connectivity index (χ3v) is 3.59. The molecule has 0 aliphatic carbocycles. The normalized spacial score (nSPS) is 10.7. The van der Waals surface area contributed by atoms with Crippen molar-refractivity contribution in [2.24, 2.45) is 5.92 Å². The van der Waals surface area contributed by atoms with E-state index in [1.165, 1.54) is 11.3 Å². The van der Waals surface area contributed by atoms with Crippen molar-refractivity contribution in [2.45, 2.75) is 20.3 Å². The minimum Gasteiger partial charge on any atom is -0.356 e. The molecule has 0 aliphatic heterocycles. The number of carbonyl (C=O) groups is 1. The number of hydrogen-bond acceptors (Lipinski definition) is 5. The third kappa shape index (κ3) is 5.32. The summed E-state index contributed by atoms with van der Waals surface area (Å²) >= 11 is 7.22. The van der Waals surface area contributed by atoms with Gasteiger partial charge in [-0.25, -0.2) is 9.97 Å². The Morgan fingerprint density at radius 1 is 1.43 bits per heavy atom. The van der Waals surface area contributed by atoms with Gasteiger partial charge in [0, 0.05) is 18.1 Å². The average Bonchev–Trinajstić information content (AvgIpc) is 2.86. The number of rotatable bonds is 6. The smallest absolute Gasteiger partial charge is 0.226 e. The minimum atomic E-state index is -0.00910. The lowest BCUT2D eigenvalue weighted by Crippen LogP contribution is -2.28. The monoisotopic (exact) mass is 324 g/mol. The van der Waals surface area contributed by atoms with E-state index in [0.29, 0.717) is 34.9 Å². The van der Waals surface area contributed by atoms with Gasteiger partial charge in [0.2, 0.25) is 5.91 Å². The molecular weight excluding hydrogens is 308 g/mol. The van der Waals surface area contributed by atoms with Crippen molar-refractivity contribution in [3.05, 3.63) is 34.4 Å². The van der Waals surface area contributed by atoms with Gasteiger partial charge in [0.25, 0.3) is 0 Å². The minimum absolute atomic E-state index is 0.00910. The van der Waals surface area contributed by atoms with Crippen LogP contribution < -0.4 is 10.6 Å². The number of nitrogens with one attached hydrogen (secondary N) is 2. The van der Waals surface area contributed by atoms with Crippen molar-refractivity contribution in [3.8, 4) is 0 Å². The standard InChI is InChI=1S/C14H17ClN4OS/c1-9(2)6-17-13(20)5-11-8-21-14(18-11)19-12-4-3-10(15)7-16-12/h3-4,7-9H,5-6H2,1-2H3,(H,17,20)(H,16,18,19). The van der Waals surface area contributed by atoms with Gasteiger partial charge in [-0.2, -0.15) is 0 Å². The highest BCUT2D eigenvalue weighted by atomic mass is 35.5. The second-order valence-electron chi connectivity index (χ2n) is 5.01. The molecule has 0 fully saturated rings. The number of hydrogen-bond donors (Lipinski definition) is 2. The first-order valence-electron chi connectivity index (χ1n) is 6.62. The Morgan fingerprint density at radius 3 is 2.90 bits per heavy atom. The van der Waals surface area contributed by atoms with E-state index >= 15 is 0 Å². The summed E-state index contributed by atoms with van der Waals surface area (Å²) in [5.41, 5.74) is 0.748. The number of nitrogens with zero attached hydrogens (tertiary/aromatic N) is 2. The summed E-state index contributed by atoms with van der Waals surface area (Å²) in [7, 11) is 0. The van der Waals surface area contributed by atoms with Crippen LogP contribution in [0.1, 0.15) is 19.5 Å². The SMILES string of the molecule is CC(C)CNC(=O)Cc1csc(Nc2ccc(Cl)cn2)n1. The van der Waals surface area contributed by atoms with Gasteiger partial charge in [0.15, 0.2) is 5.13 Å². The highest BCUT2D eigenvalue weighted by Gasteiger charge is 2.08. The number of aromatic nitrogens is 2. The molecule has 7 heteroatoms. The number of halogens is 1. The van der Waals surface area contributed by atoms with Gasteiger partial charge >= 0.3 is 0 Å². The van der Waals surface area contributed by atoms with E-state index in [1.54, 1.807) is 18.3 Å². The van der Waals surface area contributed by atoms with Gasteiger partial charge in [-0.05, 0) is 18.1 Å². The number of thiazole rings is 1. The molecular formula is C14H17ClN4OS. The molecule has 0 saturated carbocycles. The summed E-state index contributed by atoms with van der Waals surface area (Å²) < 4.78 is 0. The number of amides is 1. The number of carbonyl (C=O) groups excluding carboxylic acids is 1. The molecule has 0 bridgehead atoms. The zero-order valence-corrected chi connectivity index (χ0v) is 13.5.